The quantitative estimate of drug-likeness (QED) is 0.518. The lowest BCUT2D eigenvalue weighted by atomic mass is 9.96. The Bertz CT molecular complexity index is 1290. The van der Waals surface area contributed by atoms with Crippen molar-refractivity contribution in [2.45, 2.75) is 25.7 Å². The van der Waals surface area contributed by atoms with Crippen molar-refractivity contribution in [1.82, 2.24) is 14.5 Å². The lowest BCUT2D eigenvalue weighted by Crippen LogP contribution is -2.36. The SMILES string of the molecule is Cc1ccc2oc(C3CCN(c4nc(=O)n(C)c5ccc(F)cc45)CC3)nc2c1. The highest BCUT2D eigenvalue weighted by atomic mass is 19.1. The van der Waals surface area contributed by atoms with Gasteiger partial charge in [0.2, 0.25) is 0 Å². The van der Waals surface area contributed by atoms with Gasteiger partial charge in [-0.3, -0.25) is 4.57 Å². The van der Waals surface area contributed by atoms with Crippen LogP contribution >= 0.6 is 0 Å². The summed E-state index contributed by atoms with van der Waals surface area (Å²) >= 11 is 0. The number of oxazole rings is 1. The molecule has 29 heavy (non-hydrogen) atoms. The van der Waals surface area contributed by atoms with E-state index in [-0.39, 0.29) is 17.4 Å². The molecule has 2 aromatic heterocycles. The molecule has 0 unspecified atom stereocenters. The second-order valence-electron chi connectivity index (χ2n) is 7.72. The molecule has 0 N–H and O–H groups in total. The first-order valence-corrected chi connectivity index (χ1v) is 9.78. The normalized spacial score (nSPS) is 15.5. The molecule has 7 heteroatoms. The minimum absolute atomic E-state index is 0.216. The third-order valence-electron chi connectivity index (χ3n) is 5.75. The summed E-state index contributed by atoms with van der Waals surface area (Å²) < 4.78 is 21.3. The van der Waals surface area contributed by atoms with Gasteiger partial charge in [-0.05, 0) is 55.7 Å². The lowest BCUT2D eigenvalue weighted by Gasteiger charge is -2.32. The van der Waals surface area contributed by atoms with E-state index in [9.17, 15) is 9.18 Å². The van der Waals surface area contributed by atoms with Crippen LogP contribution in [0, 0.1) is 12.7 Å². The molecule has 1 fully saturated rings. The van der Waals surface area contributed by atoms with E-state index in [0.717, 1.165) is 35.4 Å². The van der Waals surface area contributed by atoms with Gasteiger partial charge in [-0.2, -0.15) is 4.98 Å². The van der Waals surface area contributed by atoms with E-state index in [4.69, 9.17) is 4.42 Å². The van der Waals surface area contributed by atoms with Gasteiger partial charge in [-0.1, -0.05) is 6.07 Å². The predicted octanol–water partition coefficient (Wildman–Crippen LogP) is 3.91. The molecule has 0 aliphatic carbocycles. The van der Waals surface area contributed by atoms with Crippen molar-refractivity contribution in [2.75, 3.05) is 18.0 Å². The molecule has 0 radical (unpaired) electrons. The maximum Gasteiger partial charge on any atom is 0.349 e. The molecule has 3 heterocycles. The fourth-order valence-electron chi connectivity index (χ4n) is 4.12. The van der Waals surface area contributed by atoms with Crippen LogP contribution in [0.25, 0.3) is 22.0 Å². The van der Waals surface area contributed by atoms with E-state index in [2.05, 4.69) is 14.9 Å². The summed E-state index contributed by atoms with van der Waals surface area (Å²) in [5, 5.41) is 0.655. The zero-order chi connectivity index (χ0) is 20.1. The van der Waals surface area contributed by atoms with Gasteiger partial charge in [0, 0.05) is 31.4 Å². The Morgan fingerprint density at radius 1 is 1.10 bits per heavy atom. The minimum Gasteiger partial charge on any atom is -0.440 e. The van der Waals surface area contributed by atoms with Gasteiger partial charge in [-0.25, -0.2) is 14.2 Å². The number of benzene rings is 2. The molecule has 0 amide bonds. The minimum atomic E-state index is -0.337. The monoisotopic (exact) mass is 392 g/mol. The number of nitrogens with zero attached hydrogens (tertiary/aromatic N) is 4. The number of aryl methyl sites for hydroxylation is 2. The van der Waals surface area contributed by atoms with E-state index >= 15 is 0 Å². The predicted molar refractivity (Wildman–Crippen MR) is 110 cm³/mol. The summed E-state index contributed by atoms with van der Waals surface area (Å²) in [6.45, 7) is 3.44. The number of hydrogen-bond acceptors (Lipinski definition) is 5. The highest BCUT2D eigenvalue weighted by molar-refractivity contribution is 5.89. The number of hydrogen-bond donors (Lipinski definition) is 0. The van der Waals surface area contributed by atoms with Gasteiger partial charge < -0.3 is 9.32 Å². The maximum absolute atomic E-state index is 13.9. The van der Waals surface area contributed by atoms with Gasteiger partial charge >= 0.3 is 5.69 Å². The molecule has 0 atom stereocenters. The highest BCUT2D eigenvalue weighted by Gasteiger charge is 2.27. The van der Waals surface area contributed by atoms with Crippen LogP contribution in [0.4, 0.5) is 10.2 Å². The molecular formula is C22H21FN4O2. The van der Waals surface area contributed by atoms with Crippen molar-refractivity contribution in [2.24, 2.45) is 7.05 Å². The van der Waals surface area contributed by atoms with Gasteiger partial charge in [0.15, 0.2) is 11.5 Å². The van der Waals surface area contributed by atoms with Crippen LogP contribution in [0.2, 0.25) is 0 Å². The van der Waals surface area contributed by atoms with Crippen molar-refractivity contribution in [1.29, 1.82) is 0 Å². The Morgan fingerprint density at radius 3 is 2.69 bits per heavy atom. The van der Waals surface area contributed by atoms with E-state index < -0.39 is 0 Å². The third-order valence-corrected chi connectivity index (χ3v) is 5.75. The standard InChI is InChI=1S/C22H21FN4O2/c1-13-3-6-19-17(11-13)24-21(29-19)14-7-9-27(10-8-14)20-16-12-15(23)4-5-18(16)26(2)22(28)25-20/h3-6,11-12,14H,7-10H2,1-2H3. The number of rotatable bonds is 2. The van der Waals surface area contributed by atoms with Crippen LogP contribution < -0.4 is 10.6 Å². The van der Waals surface area contributed by atoms with Crippen LogP contribution in [-0.4, -0.2) is 27.6 Å². The summed E-state index contributed by atoms with van der Waals surface area (Å²) in [5.74, 6) is 1.19. The van der Waals surface area contributed by atoms with Crippen molar-refractivity contribution in [3.63, 3.8) is 0 Å². The summed E-state index contributed by atoms with van der Waals surface area (Å²) in [6, 6.07) is 10.5. The van der Waals surface area contributed by atoms with Crippen LogP contribution in [0.3, 0.4) is 0 Å². The molecule has 2 aromatic carbocycles. The van der Waals surface area contributed by atoms with Crippen LogP contribution in [-0.2, 0) is 7.05 Å². The van der Waals surface area contributed by atoms with Crippen LogP contribution in [0.5, 0.6) is 0 Å². The van der Waals surface area contributed by atoms with E-state index in [1.54, 1.807) is 13.1 Å². The summed E-state index contributed by atoms with van der Waals surface area (Å²) in [7, 11) is 1.65. The Morgan fingerprint density at radius 2 is 1.90 bits per heavy atom. The van der Waals surface area contributed by atoms with Crippen molar-refractivity contribution < 1.29 is 8.81 Å². The summed E-state index contributed by atoms with van der Waals surface area (Å²) in [5.41, 5.74) is 3.19. The Kier molecular flexibility index (Phi) is 4.12. The molecule has 148 valence electrons. The average molecular weight is 392 g/mol. The van der Waals surface area contributed by atoms with E-state index in [0.29, 0.717) is 29.8 Å². The molecule has 0 bridgehead atoms. The number of anilines is 1. The highest BCUT2D eigenvalue weighted by Crippen LogP contribution is 2.33. The summed E-state index contributed by atoms with van der Waals surface area (Å²) in [4.78, 5) is 23.3. The fraction of sp³-hybridized carbons (Fsp3) is 0.318. The second-order valence-corrected chi connectivity index (χ2v) is 7.72. The van der Waals surface area contributed by atoms with Gasteiger partial charge in [-0.15, -0.1) is 0 Å². The smallest absolute Gasteiger partial charge is 0.349 e. The molecule has 5 rings (SSSR count). The number of piperidine rings is 1. The Balaban J connectivity index is 1.44. The first-order valence-electron chi connectivity index (χ1n) is 9.78. The second kappa shape index (κ2) is 6.69. The van der Waals surface area contributed by atoms with Gasteiger partial charge in [0.1, 0.15) is 17.2 Å². The third kappa shape index (κ3) is 3.06. The van der Waals surface area contributed by atoms with Gasteiger partial charge in [0.25, 0.3) is 0 Å². The average Bonchev–Trinajstić information content (AvgIpc) is 3.14. The maximum atomic E-state index is 13.9. The Labute approximate surface area is 166 Å². The number of halogens is 1. The van der Waals surface area contributed by atoms with Crippen LogP contribution in [0.1, 0.15) is 30.2 Å². The van der Waals surface area contributed by atoms with Crippen molar-refractivity contribution in [3.8, 4) is 0 Å². The summed E-state index contributed by atoms with van der Waals surface area (Å²) in [6.07, 6.45) is 1.67. The number of aromatic nitrogens is 3. The molecule has 1 aliphatic heterocycles. The molecular weight excluding hydrogens is 371 g/mol. The topological polar surface area (TPSA) is 64.2 Å². The molecule has 1 aliphatic rings. The first kappa shape index (κ1) is 17.8. The lowest BCUT2D eigenvalue weighted by molar-refractivity contribution is 0.406. The Hall–Kier alpha value is -3.22. The van der Waals surface area contributed by atoms with Crippen molar-refractivity contribution >= 4 is 27.8 Å². The molecule has 0 saturated carbocycles. The van der Waals surface area contributed by atoms with Crippen molar-refractivity contribution in [3.05, 3.63) is 64.2 Å². The van der Waals surface area contributed by atoms with E-state index in [1.807, 2.05) is 25.1 Å². The van der Waals surface area contributed by atoms with Crippen LogP contribution in [0.15, 0.2) is 45.6 Å². The zero-order valence-electron chi connectivity index (χ0n) is 16.4. The van der Waals surface area contributed by atoms with Gasteiger partial charge in [0.05, 0.1) is 5.52 Å². The fourth-order valence-corrected chi connectivity index (χ4v) is 4.12. The molecule has 1 saturated heterocycles. The zero-order valence-corrected chi connectivity index (χ0v) is 16.4. The molecule has 0 spiro atoms. The largest absolute Gasteiger partial charge is 0.440 e. The molecule has 4 aromatic rings. The number of fused-ring (bicyclic) bond motifs is 2. The molecule has 6 nitrogen and oxygen atoms in total. The van der Waals surface area contributed by atoms with E-state index in [1.165, 1.54) is 16.7 Å². The first-order chi connectivity index (χ1) is 14.0.